The van der Waals surface area contributed by atoms with E-state index in [0.717, 1.165) is 11.9 Å². The van der Waals surface area contributed by atoms with Crippen LogP contribution in [0, 0.1) is 12.8 Å². The lowest BCUT2D eigenvalue weighted by atomic mass is 10.1. The molecule has 2 aliphatic heterocycles. The summed E-state index contributed by atoms with van der Waals surface area (Å²) >= 11 is 0. The van der Waals surface area contributed by atoms with Crippen molar-refractivity contribution >= 4 is 22.7 Å². The van der Waals surface area contributed by atoms with Gasteiger partial charge in [-0.15, -0.1) is 0 Å². The van der Waals surface area contributed by atoms with Crippen LogP contribution < -0.4 is 0 Å². The second-order valence-electron chi connectivity index (χ2n) is 7.29. The lowest BCUT2D eigenvalue weighted by Crippen LogP contribution is -2.44. The minimum Gasteiger partial charge on any atom is -0.378 e. The van der Waals surface area contributed by atoms with E-state index >= 15 is 0 Å². The van der Waals surface area contributed by atoms with Crippen molar-refractivity contribution in [3.63, 3.8) is 0 Å². The van der Waals surface area contributed by atoms with Gasteiger partial charge < -0.3 is 19.5 Å². The number of aromatic nitrogens is 1. The van der Waals surface area contributed by atoms with Gasteiger partial charge in [0.2, 0.25) is 11.8 Å². The average Bonchev–Trinajstić information content (AvgIpc) is 3.23. The normalized spacial score (nSPS) is 21.0. The van der Waals surface area contributed by atoms with E-state index in [2.05, 4.69) is 30.1 Å². The Labute approximate surface area is 153 Å². The number of carbonyl (C=O) groups excluding carboxylic acids is 2. The number of carbonyl (C=O) groups is 2. The Balaban J connectivity index is 1.38. The highest BCUT2D eigenvalue weighted by Crippen LogP contribution is 2.24. The minimum atomic E-state index is -0.203. The Morgan fingerprint density at radius 1 is 1.31 bits per heavy atom. The maximum absolute atomic E-state index is 12.6. The third kappa shape index (κ3) is 3.33. The molecule has 2 fully saturated rings. The Kier molecular flexibility index (Phi) is 4.68. The first-order valence-corrected chi connectivity index (χ1v) is 9.33. The molecule has 138 valence electrons. The number of hydrogen-bond acceptors (Lipinski definition) is 3. The molecule has 4 rings (SSSR count). The molecule has 0 saturated carbocycles. The van der Waals surface area contributed by atoms with E-state index in [1.807, 2.05) is 16.0 Å². The second-order valence-corrected chi connectivity index (χ2v) is 7.29. The molecule has 0 spiro atoms. The molecule has 3 heterocycles. The van der Waals surface area contributed by atoms with E-state index in [1.165, 1.54) is 16.5 Å². The maximum Gasteiger partial charge on any atom is 0.228 e. The van der Waals surface area contributed by atoms with Crippen molar-refractivity contribution in [2.75, 3.05) is 39.4 Å². The zero-order valence-electron chi connectivity index (χ0n) is 15.2. The summed E-state index contributed by atoms with van der Waals surface area (Å²) in [6.45, 7) is 5.74. The monoisotopic (exact) mass is 355 g/mol. The van der Waals surface area contributed by atoms with Gasteiger partial charge in [0.05, 0.1) is 19.1 Å². The number of nitrogens with one attached hydrogen (secondary N) is 1. The first-order chi connectivity index (χ1) is 12.6. The SMILES string of the molecule is Cc1ccc2[nH]cc(CCN3CC(C(=O)N4CCOCC4)CC3=O)c2c1. The second kappa shape index (κ2) is 7.11. The summed E-state index contributed by atoms with van der Waals surface area (Å²) < 4.78 is 5.30. The van der Waals surface area contributed by atoms with E-state index < -0.39 is 0 Å². The summed E-state index contributed by atoms with van der Waals surface area (Å²) in [7, 11) is 0. The highest BCUT2D eigenvalue weighted by Gasteiger charge is 2.36. The van der Waals surface area contributed by atoms with Gasteiger partial charge in [-0.25, -0.2) is 0 Å². The van der Waals surface area contributed by atoms with Crippen molar-refractivity contribution in [1.82, 2.24) is 14.8 Å². The van der Waals surface area contributed by atoms with Crippen molar-refractivity contribution in [3.05, 3.63) is 35.5 Å². The van der Waals surface area contributed by atoms with Crippen LogP contribution in [0.25, 0.3) is 10.9 Å². The van der Waals surface area contributed by atoms with Crippen LogP contribution in [0.5, 0.6) is 0 Å². The molecule has 2 aliphatic rings. The number of likely N-dealkylation sites (tertiary alicyclic amines) is 1. The number of amides is 2. The van der Waals surface area contributed by atoms with Crippen LogP contribution in [0.3, 0.4) is 0 Å². The van der Waals surface area contributed by atoms with Crippen LogP contribution in [0.1, 0.15) is 17.5 Å². The molecule has 1 aromatic carbocycles. The third-order valence-corrected chi connectivity index (χ3v) is 5.46. The van der Waals surface area contributed by atoms with Crippen LogP contribution in [0.15, 0.2) is 24.4 Å². The average molecular weight is 355 g/mol. The first kappa shape index (κ1) is 17.1. The number of aryl methyl sites for hydroxylation is 1. The highest BCUT2D eigenvalue weighted by molar-refractivity contribution is 5.89. The molecule has 1 atom stereocenters. The van der Waals surface area contributed by atoms with E-state index in [0.29, 0.717) is 45.8 Å². The minimum absolute atomic E-state index is 0.0904. The molecule has 6 nitrogen and oxygen atoms in total. The zero-order chi connectivity index (χ0) is 18.1. The summed E-state index contributed by atoms with van der Waals surface area (Å²) in [4.78, 5) is 32.0. The molecule has 2 amide bonds. The number of nitrogens with zero attached hydrogens (tertiary/aromatic N) is 2. The molecule has 0 aliphatic carbocycles. The van der Waals surface area contributed by atoms with Crippen LogP contribution >= 0.6 is 0 Å². The highest BCUT2D eigenvalue weighted by atomic mass is 16.5. The standard InChI is InChI=1S/C20H25N3O3/c1-14-2-3-18-17(10-14)15(12-21-18)4-5-23-13-16(11-19(23)24)20(25)22-6-8-26-9-7-22/h2-3,10,12,16,21H,4-9,11,13H2,1H3. The molecule has 2 saturated heterocycles. The largest absolute Gasteiger partial charge is 0.378 e. The number of hydrogen-bond donors (Lipinski definition) is 1. The summed E-state index contributed by atoms with van der Waals surface area (Å²) in [5.41, 5.74) is 3.57. The maximum atomic E-state index is 12.6. The summed E-state index contributed by atoms with van der Waals surface area (Å²) in [5.74, 6) is -0.00897. The lowest BCUT2D eigenvalue weighted by Gasteiger charge is -2.29. The number of ether oxygens (including phenoxy) is 1. The molecule has 2 aromatic rings. The van der Waals surface area contributed by atoms with Crippen LogP contribution in [-0.2, 0) is 20.7 Å². The number of fused-ring (bicyclic) bond motifs is 1. The van der Waals surface area contributed by atoms with Gasteiger partial charge in [-0.2, -0.15) is 0 Å². The topological polar surface area (TPSA) is 65.6 Å². The van der Waals surface area contributed by atoms with E-state index in [1.54, 1.807) is 0 Å². The molecule has 26 heavy (non-hydrogen) atoms. The van der Waals surface area contributed by atoms with E-state index in [-0.39, 0.29) is 17.7 Å². The number of rotatable bonds is 4. The Hall–Kier alpha value is -2.34. The molecule has 6 heteroatoms. The predicted octanol–water partition coefficient (Wildman–Crippen LogP) is 1.73. The molecule has 1 N–H and O–H groups in total. The lowest BCUT2D eigenvalue weighted by molar-refractivity contribution is -0.139. The molecule has 1 unspecified atom stereocenters. The van der Waals surface area contributed by atoms with Crippen molar-refractivity contribution in [2.45, 2.75) is 19.8 Å². The number of H-pyrrole nitrogens is 1. The van der Waals surface area contributed by atoms with Crippen molar-refractivity contribution in [2.24, 2.45) is 5.92 Å². The number of benzene rings is 1. The third-order valence-electron chi connectivity index (χ3n) is 5.46. The smallest absolute Gasteiger partial charge is 0.228 e. The summed E-state index contributed by atoms with van der Waals surface area (Å²) in [6, 6.07) is 6.36. The quantitative estimate of drug-likeness (QED) is 0.908. The van der Waals surface area contributed by atoms with Gasteiger partial charge in [0.15, 0.2) is 0 Å². The van der Waals surface area contributed by atoms with Gasteiger partial charge in [-0.3, -0.25) is 9.59 Å². The predicted molar refractivity (Wildman–Crippen MR) is 98.8 cm³/mol. The van der Waals surface area contributed by atoms with Gasteiger partial charge in [-0.1, -0.05) is 11.6 Å². The van der Waals surface area contributed by atoms with Gasteiger partial charge >= 0.3 is 0 Å². The molecule has 1 aromatic heterocycles. The van der Waals surface area contributed by atoms with Gasteiger partial charge in [0.25, 0.3) is 0 Å². The van der Waals surface area contributed by atoms with Crippen molar-refractivity contribution < 1.29 is 14.3 Å². The van der Waals surface area contributed by atoms with Crippen molar-refractivity contribution in [3.8, 4) is 0 Å². The number of morpholine rings is 1. The molecule has 0 bridgehead atoms. The molecular weight excluding hydrogens is 330 g/mol. The number of aromatic amines is 1. The Morgan fingerprint density at radius 2 is 2.12 bits per heavy atom. The fourth-order valence-corrected chi connectivity index (χ4v) is 3.95. The zero-order valence-corrected chi connectivity index (χ0v) is 15.2. The van der Waals surface area contributed by atoms with E-state index in [4.69, 9.17) is 4.74 Å². The van der Waals surface area contributed by atoms with Gasteiger partial charge in [-0.05, 0) is 31.0 Å². The van der Waals surface area contributed by atoms with Gasteiger partial charge in [0, 0.05) is 49.7 Å². The van der Waals surface area contributed by atoms with Gasteiger partial charge in [0.1, 0.15) is 0 Å². The molecular formula is C20H25N3O3. The fraction of sp³-hybridized carbons (Fsp3) is 0.500. The fourth-order valence-electron chi connectivity index (χ4n) is 3.95. The summed E-state index contributed by atoms with van der Waals surface area (Å²) in [5, 5.41) is 1.22. The first-order valence-electron chi connectivity index (χ1n) is 9.33. The van der Waals surface area contributed by atoms with Crippen LogP contribution in [0.4, 0.5) is 0 Å². The Morgan fingerprint density at radius 3 is 2.92 bits per heavy atom. The van der Waals surface area contributed by atoms with Crippen LogP contribution in [-0.4, -0.2) is 66.0 Å². The molecule has 0 radical (unpaired) electrons. The Bertz CT molecular complexity index is 823. The van der Waals surface area contributed by atoms with E-state index in [9.17, 15) is 9.59 Å². The van der Waals surface area contributed by atoms with Crippen LogP contribution in [0.2, 0.25) is 0 Å². The van der Waals surface area contributed by atoms with Crippen molar-refractivity contribution in [1.29, 1.82) is 0 Å². The summed E-state index contributed by atoms with van der Waals surface area (Å²) in [6.07, 6.45) is 3.16.